The van der Waals surface area contributed by atoms with Crippen LogP contribution in [0.4, 0.5) is 5.69 Å². The molecule has 2 saturated carbocycles. The molecule has 3 unspecified atom stereocenters. The number of carboxylic acid groups (broad SMARTS) is 1. The van der Waals surface area contributed by atoms with Gasteiger partial charge in [-0.25, -0.2) is 4.79 Å². The first-order chi connectivity index (χ1) is 9.74. The molecule has 0 saturated heterocycles. The Kier molecular flexibility index (Phi) is 3.25. The number of anilines is 1. The number of carboxylic acids is 1. The molecule has 1 aromatic carbocycles. The van der Waals surface area contributed by atoms with Crippen LogP contribution in [-0.2, 0) is 0 Å². The molecular weight excluding hydrogens is 286 g/mol. The van der Waals surface area contributed by atoms with Gasteiger partial charge in [0, 0.05) is 11.7 Å². The second kappa shape index (κ2) is 4.64. The lowest BCUT2D eigenvalue weighted by Gasteiger charge is -2.43. The van der Waals surface area contributed by atoms with Gasteiger partial charge in [0.1, 0.15) is 0 Å². The standard InChI is InChI=1S/C17H22ClNO2/c1-16(2)10-6-7-17(3,9-10)15(16)19-11-4-5-12(14(20)21)13(18)8-11/h4-5,8,10,15,19H,6-7,9H2,1-3H3,(H,20,21). The van der Waals surface area contributed by atoms with Gasteiger partial charge in [-0.3, -0.25) is 0 Å². The molecule has 2 bridgehead atoms. The third kappa shape index (κ3) is 2.22. The van der Waals surface area contributed by atoms with E-state index < -0.39 is 5.97 Å². The largest absolute Gasteiger partial charge is 0.478 e. The Morgan fingerprint density at radius 2 is 2.10 bits per heavy atom. The molecule has 0 aliphatic heterocycles. The SMILES string of the molecule is CC12CCC(C1)C(C)(C)C2Nc1ccc(C(=O)O)c(Cl)c1. The van der Waals surface area contributed by atoms with Crippen LogP contribution < -0.4 is 5.32 Å². The van der Waals surface area contributed by atoms with Crippen LogP contribution in [0.2, 0.25) is 5.02 Å². The zero-order chi connectivity index (χ0) is 15.4. The summed E-state index contributed by atoms with van der Waals surface area (Å²) in [7, 11) is 0. The van der Waals surface area contributed by atoms with Gasteiger partial charge >= 0.3 is 5.97 Å². The van der Waals surface area contributed by atoms with E-state index in [1.165, 1.54) is 19.3 Å². The van der Waals surface area contributed by atoms with Crippen molar-refractivity contribution < 1.29 is 9.90 Å². The highest BCUT2D eigenvalue weighted by Crippen LogP contribution is 2.63. The van der Waals surface area contributed by atoms with E-state index in [1.54, 1.807) is 12.1 Å². The molecule has 3 rings (SSSR count). The lowest BCUT2D eigenvalue weighted by Crippen LogP contribution is -2.45. The van der Waals surface area contributed by atoms with Crippen molar-refractivity contribution >= 4 is 23.3 Å². The molecule has 0 amide bonds. The monoisotopic (exact) mass is 307 g/mol. The van der Waals surface area contributed by atoms with Crippen LogP contribution in [0.3, 0.4) is 0 Å². The van der Waals surface area contributed by atoms with E-state index in [-0.39, 0.29) is 11.0 Å². The van der Waals surface area contributed by atoms with Crippen LogP contribution in [0.25, 0.3) is 0 Å². The summed E-state index contributed by atoms with van der Waals surface area (Å²) in [5.41, 5.74) is 1.65. The second-order valence-corrected chi connectivity index (χ2v) is 7.90. The summed E-state index contributed by atoms with van der Waals surface area (Å²) in [5.74, 6) is -0.215. The smallest absolute Gasteiger partial charge is 0.337 e. The maximum absolute atomic E-state index is 11.0. The highest BCUT2D eigenvalue weighted by molar-refractivity contribution is 6.33. The lowest BCUT2D eigenvalue weighted by atomic mass is 9.68. The Hall–Kier alpha value is -1.22. The van der Waals surface area contributed by atoms with Crippen molar-refractivity contribution in [1.29, 1.82) is 0 Å². The molecule has 21 heavy (non-hydrogen) atoms. The van der Waals surface area contributed by atoms with Crippen molar-refractivity contribution in [2.24, 2.45) is 16.7 Å². The number of aromatic carboxylic acids is 1. The lowest BCUT2D eigenvalue weighted by molar-refractivity contribution is 0.0697. The van der Waals surface area contributed by atoms with E-state index in [0.717, 1.165) is 11.6 Å². The molecule has 2 fully saturated rings. The van der Waals surface area contributed by atoms with Crippen molar-refractivity contribution in [2.45, 2.75) is 46.1 Å². The van der Waals surface area contributed by atoms with Crippen LogP contribution in [0.5, 0.6) is 0 Å². The quantitative estimate of drug-likeness (QED) is 0.853. The molecule has 2 N–H and O–H groups in total. The van der Waals surface area contributed by atoms with Gasteiger partial charge in [-0.2, -0.15) is 0 Å². The van der Waals surface area contributed by atoms with Crippen molar-refractivity contribution in [2.75, 3.05) is 5.32 Å². The van der Waals surface area contributed by atoms with E-state index in [2.05, 4.69) is 26.1 Å². The topological polar surface area (TPSA) is 49.3 Å². The second-order valence-electron chi connectivity index (χ2n) is 7.49. The van der Waals surface area contributed by atoms with Gasteiger partial charge in [0.15, 0.2) is 0 Å². The summed E-state index contributed by atoms with van der Waals surface area (Å²) in [4.78, 5) is 11.0. The van der Waals surface area contributed by atoms with E-state index in [4.69, 9.17) is 16.7 Å². The minimum Gasteiger partial charge on any atom is -0.478 e. The van der Waals surface area contributed by atoms with Crippen molar-refractivity contribution in [3.05, 3.63) is 28.8 Å². The summed E-state index contributed by atoms with van der Waals surface area (Å²) in [5, 5.41) is 13.0. The number of hydrogen-bond donors (Lipinski definition) is 2. The molecule has 4 heteroatoms. The number of fused-ring (bicyclic) bond motifs is 2. The van der Waals surface area contributed by atoms with Crippen LogP contribution in [0, 0.1) is 16.7 Å². The Morgan fingerprint density at radius 3 is 2.62 bits per heavy atom. The number of halogens is 1. The molecule has 114 valence electrons. The maximum Gasteiger partial charge on any atom is 0.337 e. The predicted octanol–water partition coefficient (Wildman–Crippen LogP) is 4.66. The molecule has 0 aromatic heterocycles. The fourth-order valence-electron chi connectivity index (χ4n) is 4.61. The zero-order valence-corrected chi connectivity index (χ0v) is 13.5. The molecule has 0 heterocycles. The van der Waals surface area contributed by atoms with Gasteiger partial charge in [-0.05, 0) is 54.2 Å². The number of hydrogen-bond acceptors (Lipinski definition) is 2. The van der Waals surface area contributed by atoms with Gasteiger partial charge in [-0.1, -0.05) is 32.4 Å². The number of nitrogens with one attached hydrogen (secondary N) is 1. The molecule has 0 radical (unpaired) electrons. The van der Waals surface area contributed by atoms with Gasteiger partial charge in [0.2, 0.25) is 0 Å². The summed E-state index contributed by atoms with van der Waals surface area (Å²) >= 11 is 6.07. The highest BCUT2D eigenvalue weighted by atomic mass is 35.5. The van der Waals surface area contributed by atoms with Gasteiger partial charge < -0.3 is 10.4 Å². The normalized spacial score (nSPS) is 33.1. The minimum absolute atomic E-state index is 0.153. The third-order valence-corrected chi connectivity index (χ3v) is 6.09. The van der Waals surface area contributed by atoms with E-state index in [9.17, 15) is 4.79 Å². The molecular formula is C17H22ClNO2. The maximum atomic E-state index is 11.0. The first-order valence-corrected chi connectivity index (χ1v) is 7.91. The van der Waals surface area contributed by atoms with E-state index in [1.807, 2.05) is 6.07 Å². The van der Waals surface area contributed by atoms with Gasteiger partial charge in [0.25, 0.3) is 0 Å². The van der Waals surface area contributed by atoms with E-state index >= 15 is 0 Å². The molecule has 3 atom stereocenters. The predicted molar refractivity (Wildman–Crippen MR) is 85.1 cm³/mol. The fraction of sp³-hybridized carbons (Fsp3) is 0.588. The molecule has 2 aliphatic carbocycles. The van der Waals surface area contributed by atoms with Crippen LogP contribution in [0.1, 0.15) is 50.4 Å². The van der Waals surface area contributed by atoms with E-state index in [0.29, 0.717) is 16.5 Å². The molecule has 0 spiro atoms. The average Bonchev–Trinajstić information content (AvgIpc) is 2.85. The summed E-state index contributed by atoms with van der Waals surface area (Å²) in [6.45, 7) is 7.05. The zero-order valence-electron chi connectivity index (χ0n) is 12.7. The van der Waals surface area contributed by atoms with Crippen LogP contribution >= 0.6 is 11.6 Å². The molecule has 2 aliphatic rings. The number of benzene rings is 1. The number of carbonyl (C=O) groups is 1. The third-order valence-electron chi connectivity index (χ3n) is 5.78. The summed E-state index contributed by atoms with van der Waals surface area (Å²) in [6, 6.07) is 5.53. The minimum atomic E-state index is -0.987. The van der Waals surface area contributed by atoms with Gasteiger partial charge in [0.05, 0.1) is 10.6 Å². The highest BCUT2D eigenvalue weighted by Gasteiger charge is 2.59. The average molecular weight is 308 g/mol. The Bertz CT molecular complexity index is 594. The Balaban J connectivity index is 1.87. The van der Waals surface area contributed by atoms with Gasteiger partial charge in [-0.15, -0.1) is 0 Å². The Labute approximate surface area is 130 Å². The van der Waals surface area contributed by atoms with Crippen molar-refractivity contribution in [3.8, 4) is 0 Å². The Morgan fingerprint density at radius 1 is 1.38 bits per heavy atom. The first kappa shape index (κ1) is 14.7. The number of rotatable bonds is 3. The first-order valence-electron chi connectivity index (χ1n) is 7.53. The van der Waals surface area contributed by atoms with Crippen molar-refractivity contribution in [3.63, 3.8) is 0 Å². The van der Waals surface area contributed by atoms with Crippen LogP contribution in [-0.4, -0.2) is 17.1 Å². The molecule has 1 aromatic rings. The molecule has 3 nitrogen and oxygen atoms in total. The summed E-state index contributed by atoms with van der Waals surface area (Å²) in [6.07, 6.45) is 3.86. The fourth-order valence-corrected chi connectivity index (χ4v) is 4.87. The van der Waals surface area contributed by atoms with Crippen molar-refractivity contribution in [1.82, 2.24) is 0 Å². The van der Waals surface area contributed by atoms with Crippen LogP contribution in [0.15, 0.2) is 18.2 Å². The summed E-state index contributed by atoms with van der Waals surface area (Å²) < 4.78 is 0.